The number of nitrogens with one attached hydrogen (secondary N) is 1. The van der Waals surface area contributed by atoms with Gasteiger partial charge in [-0.05, 0) is 30.5 Å². The quantitative estimate of drug-likeness (QED) is 0.824. The predicted octanol–water partition coefficient (Wildman–Crippen LogP) is 3.02. The van der Waals surface area contributed by atoms with Crippen LogP contribution in [0.25, 0.3) is 0 Å². The van der Waals surface area contributed by atoms with Gasteiger partial charge in [0.2, 0.25) is 0 Å². The highest BCUT2D eigenvalue weighted by molar-refractivity contribution is 6.30. The van der Waals surface area contributed by atoms with E-state index >= 15 is 0 Å². The maximum absolute atomic E-state index is 9.67. The summed E-state index contributed by atoms with van der Waals surface area (Å²) in [6.45, 7) is 5.01. The largest absolute Gasteiger partial charge is 0.394 e. The highest BCUT2D eigenvalue weighted by Crippen LogP contribution is 2.19. The summed E-state index contributed by atoms with van der Waals surface area (Å²) in [4.78, 5) is 0. The van der Waals surface area contributed by atoms with E-state index in [4.69, 9.17) is 11.6 Å². The minimum atomic E-state index is -0.105. The number of rotatable bonds is 7. The Labute approximate surface area is 137 Å². The van der Waals surface area contributed by atoms with E-state index in [0.29, 0.717) is 11.6 Å². The third kappa shape index (κ3) is 3.69. The van der Waals surface area contributed by atoms with Crippen molar-refractivity contribution in [2.24, 2.45) is 7.05 Å². The van der Waals surface area contributed by atoms with E-state index in [1.54, 1.807) is 0 Å². The first-order chi connectivity index (χ1) is 10.6. The molecule has 2 aromatic rings. The van der Waals surface area contributed by atoms with Crippen LogP contribution in [-0.2, 0) is 26.4 Å². The van der Waals surface area contributed by atoms with Gasteiger partial charge in [0.1, 0.15) is 0 Å². The maximum atomic E-state index is 9.67. The second kappa shape index (κ2) is 7.77. The first-order valence-corrected chi connectivity index (χ1v) is 8.11. The molecule has 2 rings (SSSR count). The number of benzene rings is 1. The Morgan fingerprint density at radius 2 is 1.91 bits per heavy atom. The van der Waals surface area contributed by atoms with E-state index in [-0.39, 0.29) is 12.6 Å². The Morgan fingerprint density at radius 1 is 1.23 bits per heavy atom. The van der Waals surface area contributed by atoms with Gasteiger partial charge in [0.25, 0.3) is 0 Å². The first kappa shape index (κ1) is 17.0. The van der Waals surface area contributed by atoms with Gasteiger partial charge < -0.3 is 10.4 Å². The fourth-order valence-electron chi connectivity index (χ4n) is 2.80. The zero-order valence-electron chi connectivity index (χ0n) is 13.4. The summed E-state index contributed by atoms with van der Waals surface area (Å²) in [5.41, 5.74) is 4.66. The second-order valence-corrected chi connectivity index (χ2v) is 5.81. The van der Waals surface area contributed by atoms with Crippen molar-refractivity contribution in [1.82, 2.24) is 15.1 Å². The van der Waals surface area contributed by atoms with Gasteiger partial charge in [0.15, 0.2) is 0 Å². The Hall–Kier alpha value is -1.36. The Bertz CT molecular complexity index is 607. The minimum Gasteiger partial charge on any atom is -0.394 e. The summed E-state index contributed by atoms with van der Waals surface area (Å²) in [6.07, 6.45) is 1.86. The normalized spacial score (nSPS) is 12.6. The molecule has 1 aromatic carbocycles. The summed E-state index contributed by atoms with van der Waals surface area (Å²) in [5.74, 6) is 0. The number of aryl methyl sites for hydroxylation is 2. The van der Waals surface area contributed by atoms with Gasteiger partial charge in [-0.25, -0.2) is 0 Å². The topological polar surface area (TPSA) is 50.1 Å². The lowest BCUT2D eigenvalue weighted by atomic mass is 10.1. The van der Waals surface area contributed by atoms with Crippen LogP contribution in [0.1, 0.15) is 42.4 Å². The fraction of sp³-hybridized carbons (Fsp3) is 0.471. The molecular weight excluding hydrogens is 298 g/mol. The zero-order chi connectivity index (χ0) is 16.1. The number of aromatic nitrogens is 2. The van der Waals surface area contributed by atoms with Crippen molar-refractivity contribution in [2.75, 3.05) is 6.61 Å². The number of halogens is 1. The Balaban J connectivity index is 2.15. The molecular formula is C17H24ClN3O. The third-order valence-corrected chi connectivity index (χ3v) is 4.26. The molecule has 0 radical (unpaired) electrons. The molecule has 0 amide bonds. The van der Waals surface area contributed by atoms with E-state index in [1.807, 2.05) is 36.0 Å². The summed E-state index contributed by atoms with van der Waals surface area (Å²) >= 11 is 5.92. The van der Waals surface area contributed by atoms with E-state index in [9.17, 15) is 5.11 Å². The number of aliphatic hydroxyl groups is 1. The molecule has 0 spiro atoms. The van der Waals surface area contributed by atoms with Crippen molar-refractivity contribution in [1.29, 1.82) is 0 Å². The summed E-state index contributed by atoms with van der Waals surface area (Å²) in [6, 6.07) is 7.48. The van der Waals surface area contributed by atoms with Crippen LogP contribution >= 0.6 is 11.6 Å². The highest BCUT2D eigenvalue weighted by atomic mass is 35.5. The maximum Gasteiger partial charge on any atom is 0.0669 e. The van der Waals surface area contributed by atoms with Crippen LogP contribution in [0.15, 0.2) is 24.3 Å². The summed E-state index contributed by atoms with van der Waals surface area (Å²) in [5, 5.41) is 18.4. The third-order valence-electron chi connectivity index (χ3n) is 4.01. The molecule has 0 bridgehead atoms. The molecule has 5 heteroatoms. The predicted molar refractivity (Wildman–Crippen MR) is 90.1 cm³/mol. The van der Waals surface area contributed by atoms with Crippen molar-refractivity contribution in [3.63, 3.8) is 0 Å². The molecule has 120 valence electrons. The van der Waals surface area contributed by atoms with Crippen molar-refractivity contribution in [2.45, 2.75) is 39.3 Å². The standard InChI is InChI=1S/C17H24ClN3O/c1-4-15-14(17(5-2)21(3)20-15)10-19-16(11-22)12-6-8-13(18)9-7-12/h6-9,16,19,22H,4-5,10-11H2,1-3H3. The average molecular weight is 322 g/mol. The molecule has 0 saturated heterocycles. The molecule has 0 saturated carbocycles. The van der Waals surface area contributed by atoms with Crippen molar-refractivity contribution >= 4 is 11.6 Å². The number of hydrogen-bond donors (Lipinski definition) is 2. The van der Waals surface area contributed by atoms with Crippen LogP contribution < -0.4 is 5.32 Å². The van der Waals surface area contributed by atoms with E-state index in [0.717, 1.165) is 24.1 Å². The van der Waals surface area contributed by atoms with Crippen LogP contribution in [0.2, 0.25) is 5.02 Å². The molecule has 0 aliphatic rings. The monoisotopic (exact) mass is 321 g/mol. The molecule has 2 N–H and O–H groups in total. The van der Waals surface area contributed by atoms with Gasteiger partial charge in [0, 0.05) is 29.9 Å². The van der Waals surface area contributed by atoms with E-state index < -0.39 is 0 Å². The molecule has 1 aromatic heterocycles. The zero-order valence-corrected chi connectivity index (χ0v) is 14.2. The molecule has 0 aliphatic heterocycles. The smallest absolute Gasteiger partial charge is 0.0669 e. The molecule has 0 fully saturated rings. The minimum absolute atomic E-state index is 0.0464. The van der Waals surface area contributed by atoms with Gasteiger partial charge in [-0.15, -0.1) is 0 Å². The summed E-state index contributed by atoms with van der Waals surface area (Å²) in [7, 11) is 1.99. The van der Waals surface area contributed by atoms with Crippen molar-refractivity contribution in [3.8, 4) is 0 Å². The molecule has 1 atom stereocenters. The molecule has 4 nitrogen and oxygen atoms in total. The number of aliphatic hydroxyl groups excluding tert-OH is 1. The van der Waals surface area contributed by atoms with Gasteiger partial charge in [0.05, 0.1) is 18.3 Å². The SMILES string of the molecule is CCc1nn(C)c(CC)c1CNC(CO)c1ccc(Cl)cc1. The van der Waals surface area contributed by atoms with Crippen LogP contribution in [0.3, 0.4) is 0 Å². The highest BCUT2D eigenvalue weighted by Gasteiger charge is 2.16. The molecule has 22 heavy (non-hydrogen) atoms. The second-order valence-electron chi connectivity index (χ2n) is 5.37. The lowest BCUT2D eigenvalue weighted by Crippen LogP contribution is -2.24. The van der Waals surface area contributed by atoms with E-state index in [1.165, 1.54) is 11.3 Å². The van der Waals surface area contributed by atoms with Crippen molar-refractivity contribution in [3.05, 3.63) is 51.8 Å². The lowest BCUT2D eigenvalue weighted by Gasteiger charge is -2.17. The van der Waals surface area contributed by atoms with Crippen molar-refractivity contribution < 1.29 is 5.11 Å². The Morgan fingerprint density at radius 3 is 2.45 bits per heavy atom. The molecule has 0 aliphatic carbocycles. The van der Waals surface area contributed by atoms with Crippen LogP contribution in [0.5, 0.6) is 0 Å². The number of hydrogen-bond acceptors (Lipinski definition) is 3. The Kier molecular flexibility index (Phi) is 6.00. The van der Waals surface area contributed by atoms with Crippen LogP contribution in [0, 0.1) is 0 Å². The summed E-state index contributed by atoms with van der Waals surface area (Å²) < 4.78 is 1.96. The van der Waals surface area contributed by atoms with Gasteiger partial charge in [-0.3, -0.25) is 4.68 Å². The first-order valence-electron chi connectivity index (χ1n) is 7.74. The van der Waals surface area contributed by atoms with Gasteiger partial charge in [-0.1, -0.05) is 37.6 Å². The lowest BCUT2D eigenvalue weighted by molar-refractivity contribution is 0.243. The molecule has 1 heterocycles. The van der Waals surface area contributed by atoms with Crippen LogP contribution in [0.4, 0.5) is 0 Å². The van der Waals surface area contributed by atoms with E-state index in [2.05, 4.69) is 24.3 Å². The molecule has 1 unspecified atom stereocenters. The fourth-order valence-corrected chi connectivity index (χ4v) is 2.93. The average Bonchev–Trinajstić information content (AvgIpc) is 2.84. The van der Waals surface area contributed by atoms with Gasteiger partial charge >= 0.3 is 0 Å². The van der Waals surface area contributed by atoms with Gasteiger partial charge in [-0.2, -0.15) is 5.10 Å². The van der Waals surface area contributed by atoms with Crippen LogP contribution in [-0.4, -0.2) is 21.5 Å². The number of nitrogens with zero attached hydrogens (tertiary/aromatic N) is 2.